The first-order chi connectivity index (χ1) is 15.3. The van der Waals surface area contributed by atoms with Crippen molar-refractivity contribution in [2.24, 2.45) is 29.6 Å². The summed E-state index contributed by atoms with van der Waals surface area (Å²) < 4.78 is 0. The minimum Gasteiger partial charge on any atom is -0.0966 e. The van der Waals surface area contributed by atoms with E-state index in [2.05, 4.69) is 48.5 Å². The van der Waals surface area contributed by atoms with E-state index >= 15 is 0 Å². The van der Waals surface area contributed by atoms with E-state index in [0.717, 1.165) is 63.5 Å². The topological polar surface area (TPSA) is 0 Å². The summed E-state index contributed by atoms with van der Waals surface area (Å²) in [5.41, 5.74) is 6.63. The van der Waals surface area contributed by atoms with Gasteiger partial charge in [0.05, 0.1) is 0 Å². The molecule has 0 N–H and O–H groups in total. The number of rotatable bonds is 8. The summed E-state index contributed by atoms with van der Waals surface area (Å²) in [5.74, 6) is 4.85. The summed E-state index contributed by atoms with van der Waals surface area (Å²) in [6, 6.07) is 0. The third-order valence-corrected chi connectivity index (χ3v) is 19.5. The van der Waals surface area contributed by atoms with Gasteiger partial charge in [0.15, 0.2) is 0 Å². The second-order valence-corrected chi connectivity index (χ2v) is 19.4. The second-order valence-electron chi connectivity index (χ2n) is 13.5. The average molecular weight is 479 g/mol. The Labute approximate surface area is 204 Å². The van der Waals surface area contributed by atoms with Crippen molar-refractivity contribution in [2.75, 3.05) is 0 Å². The summed E-state index contributed by atoms with van der Waals surface area (Å²) in [6.45, 7) is 17.9. The molecule has 0 spiro atoms. The lowest BCUT2D eigenvalue weighted by molar-refractivity contribution is 0.381. The molecule has 0 bridgehead atoms. The van der Waals surface area contributed by atoms with Crippen molar-refractivity contribution >= 4 is 15.8 Å². The van der Waals surface area contributed by atoms with E-state index in [1.54, 1.807) is 64.2 Å². The Bertz CT molecular complexity index is 561. The zero-order valence-electron chi connectivity index (χ0n) is 22.7. The monoisotopic (exact) mass is 478 g/mol. The first-order valence-corrected chi connectivity index (χ1v) is 17.9. The smallest absolute Gasteiger partial charge is 0.0178 e. The Balaban J connectivity index is 1.38. The molecular weight excluding hydrogens is 422 g/mol. The van der Waals surface area contributed by atoms with Gasteiger partial charge in [0.2, 0.25) is 0 Å². The molecule has 4 unspecified atom stereocenters. The fourth-order valence-electron chi connectivity index (χ4n) is 8.88. The van der Waals surface area contributed by atoms with Crippen molar-refractivity contribution < 1.29 is 0 Å². The second kappa shape index (κ2) is 11.3. The molecule has 4 fully saturated rings. The maximum atomic E-state index is 2.71. The summed E-state index contributed by atoms with van der Waals surface area (Å²) >= 11 is 0. The Hall–Kier alpha value is 0.860. The Kier molecular flexibility index (Phi) is 9.14. The molecule has 0 aromatic rings. The molecule has 9 atom stereocenters. The van der Waals surface area contributed by atoms with Gasteiger partial charge in [-0.05, 0) is 128 Å². The maximum absolute atomic E-state index is 2.71. The van der Waals surface area contributed by atoms with Crippen LogP contribution in [-0.2, 0) is 0 Å². The van der Waals surface area contributed by atoms with Gasteiger partial charge in [0.1, 0.15) is 0 Å². The molecule has 4 rings (SSSR count). The zero-order valence-corrected chi connectivity index (χ0v) is 24.5. The van der Waals surface area contributed by atoms with Crippen molar-refractivity contribution in [2.45, 2.75) is 159 Å². The average Bonchev–Trinajstić information content (AvgIpc) is 3.52. The van der Waals surface area contributed by atoms with Crippen LogP contribution in [0.5, 0.6) is 0 Å². The van der Waals surface area contributed by atoms with Crippen LogP contribution in [0.1, 0.15) is 126 Å². The highest BCUT2D eigenvalue weighted by molar-refractivity contribution is 7.60. The van der Waals surface area contributed by atoms with E-state index in [4.69, 9.17) is 0 Å². The molecule has 2 saturated carbocycles. The van der Waals surface area contributed by atoms with E-state index in [-0.39, 0.29) is 15.8 Å². The van der Waals surface area contributed by atoms with Crippen LogP contribution in [0.25, 0.3) is 0 Å². The van der Waals surface area contributed by atoms with Crippen LogP contribution in [0.15, 0.2) is 0 Å². The van der Waals surface area contributed by atoms with Gasteiger partial charge in [-0.25, -0.2) is 0 Å². The molecule has 186 valence electrons. The first-order valence-electron chi connectivity index (χ1n) is 14.8. The SMILES string of the molecule is CC(C)C1CC[C@@H](C(C)C)P1[C@@H]1CC[C@H](C[C@H](C)C2CC[C@@H](C(C)C)P2C2CCCC2)C1. The van der Waals surface area contributed by atoms with E-state index in [9.17, 15) is 0 Å². The molecule has 32 heavy (non-hydrogen) atoms. The highest BCUT2D eigenvalue weighted by Crippen LogP contribution is 2.68. The third-order valence-electron chi connectivity index (χ3n) is 10.4. The van der Waals surface area contributed by atoms with Crippen molar-refractivity contribution in [1.29, 1.82) is 0 Å². The van der Waals surface area contributed by atoms with E-state index < -0.39 is 0 Å². The van der Waals surface area contributed by atoms with Gasteiger partial charge >= 0.3 is 0 Å². The highest BCUT2D eigenvalue weighted by Gasteiger charge is 2.47. The van der Waals surface area contributed by atoms with Crippen molar-refractivity contribution in [1.82, 2.24) is 0 Å². The molecule has 2 saturated heterocycles. The molecule has 2 heterocycles. The normalized spacial score (nSPS) is 42.2. The Morgan fingerprint density at radius 3 is 1.50 bits per heavy atom. The van der Waals surface area contributed by atoms with Crippen LogP contribution in [0.4, 0.5) is 0 Å². The van der Waals surface area contributed by atoms with Crippen LogP contribution in [0.2, 0.25) is 0 Å². The lowest BCUT2D eigenvalue weighted by Gasteiger charge is -2.37. The first kappa shape index (κ1) is 25.9. The van der Waals surface area contributed by atoms with Crippen LogP contribution in [0, 0.1) is 29.6 Å². The summed E-state index contributed by atoms with van der Waals surface area (Å²) in [4.78, 5) is 0. The van der Waals surface area contributed by atoms with Gasteiger partial charge in [0, 0.05) is 0 Å². The summed E-state index contributed by atoms with van der Waals surface area (Å²) in [6.07, 6.45) is 18.9. The molecule has 2 aliphatic heterocycles. The van der Waals surface area contributed by atoms with Gasteiger partial charge in [0.25, 0.3) is 0 Å². The summed E-state index contributed by atoms with van der Waals surface area (Å²) in [5, 5.41) is 0. The van der Waals surface area contributed by atoms with Crippen LogP contribution in [-0.4, -0.2) is 34.0 Å². The zero-order chi connectivity index (χ0) is 23.0. The Morgan fingerprint density at radius 2 is 1.00 bits per heavy atom. The minimum atomic E-state index is 0.258. The van der Waals surface area contributed by atoms with E-state index in [1.807, 2.05) is 0 Å². The van der Waals surface area contributed by atoms with E-state index in [1.165, 1.54) is 12.8 Å². The molecule has 2 aliphatic carbocycles. The third kappa shape index (κ3) is 5.48. The maximum Gasteiger partial charge on any atom is -0.0178 e. The molecule has 2 heteroatoms. The summed E-state index contributed by atoms with van der Waals surface area (Å²) in [7, 11) is 0.539. The van der Waals surface area contributed by atoms with Gasteiger partial charge in [-0.1, -0.05) is 77.2 Å². The molecular formula is C30H56P2. The van der Waals surface area contributed by atoms with Gasteiger partial charge < -0.3 is 0 Å². The molecule has 0 amide bonds. The fraction of sp³-hybridized carbons (Fsp3) is 1.00. The predicted molar refractivity (Wildman–Crippen MR) is 149 cm³/mol. The highest BCUT2D eigenvalue weighted by atomic mass is 31.1. The minimum absolute atomic E-state index is 0.258. The fourth-order valence-corrected chi connectivity index (χ4v) is 18.5. The van der Waals surface area contributed by atoms with Gasteiger partial charge in [-0.2, -0.15) is 0 Å². The lowest BCUT2D eigenvalue weighted by atomic mass is 9.90. The lowest BCUT2D eigenvalue weighted by Crippen LogP contribution is -2.23. The van der Waals surface area contributed by atoms with Crippen LogP contribution < -0.4 is 0 Å². The van der Waals surface area contributed by atoms with Gasteiger partial charge in [-0.3, -0.25) is 0 Å². The Morgan fingerprint density at radius 1 is 0.531 bits per heavy atom. The molecule has 0 aromatic carbocycles. The predicted octanol–water partition coefficient (Wildman–Crippen LogP) is 10.1. The van der Waals surface area contributed by atoms with Crippen LogP contribution in [0.3, 0.4) is 0 Å². The van der Waals surface area contributed by atoms with Crippen molar-refractivity contribution in [3.8, 4) is 0 Å². The number of hydrogen-bond acceptors (Lipinski definition) is 0. The van der Waals surface area contributed by atoms with Crippen molar-refractivity contribution in [3.05, 3.63) is 0 Å². The largest absolute Gasteiger partial charge is 0.0966 e. The molecule has 0 aromatic heterocycles. The molecule has 4 aliphatic rings. The van der Waals surface area contributed by atoms with E-state index in [0.29, 0.717) is 0 Å². The quantitative estimate of drug-likeness (QED) is 0.304. The molecule has 0 nitrogen and oxygen atoms in total. The van der Waals surface area contributed by atoms with Crippen molar-refractivity contribution in [3.63, 3.8) is 0 Å². The standard InChI is InChI=1S/C30H56P2/c1-20(2)27-16-17-30(31(27)25-10-8-9-11-25)23(7)18-24-12-13-26(19-24)32-28(21(3)4)14-15-29(32)22(5)6/h20-30H,8-19H2,1-7H3/t23-,24+,26+,27-,28-,29?,30?,31?,32?/m0/s1. The molecule has 0 radical (unpaired) electrons. The van der Waals surface area contributed by atoms with Gasteiger partial charge in [-0.15, -0.1) is 0 Å². The number of hydrogen-bond donors (Lipinski definition) is 0. The van der Waals surface area contributed by atoms with Crippen LogP contribution >= 0.6 is 15.8 Å².